The van der Waals surface area contributed by atoms with E-state index in [9.17, 15) is 14.7 Å². The third kappa shape index (κ3) is 5.36. The number of hydrogen-bond acceptors (Lipinski definition) is 5. The lowest BCUT2D eigenvalue weighted by Gasteiger charge is -2.14. The Morgan fingerprint density at radius 1 is 1.32 bits per heavy atom. The van der Waals surface area contributed by atoms with Crippen molar-refractivity contribution in [1.29, 1.82) is 0 Å². The summed E-state index contributed by atoms with van der Waals surface area (Å²) in [5.74, 6) is -0.847. The van der Waals surface area contributed by atoms with Crippen LogP contribution in [0.3, 0.4) is 0 Å². The van der Waals surface area contributed by atoms with Gasteiger partial charge in [-0.15, -0.1) is 0 Å². The smallest absolute Gasteiger partial charge is 0.311 e. The summed E-state index contributed by atoms with van der Waals surface area (Å²) in [7, 11) is 0. The Morgan fingerprint density at radius 2 is 2.08 bits per heavy atom. The van der Waals surface area contributed by atoms with Gasteiger partial charge in [0, 0.05) is 12.1 Å². The van der Waals surface area contributed by atoms with E-state index in [0.717, 1.165) is 5.56 Å². The zero-order valence-electron chi connectivity index (χ0n) is 14.1. The number of carbonyl (C=O) groups is 2. The topological polar surface area (TPSA) is 109 Å². The van der Waals surface area contributed by atoms with E-state index in [1.807, 2.05) is 25.1 Å². The standard InChI is InChI=1S/C18H21NO6/c1-11-4-3-5-14(6-11)24-10-13(20)8-19-18(23)17-12(2)9-25-15(17)7-16(21)22/h3-6,9,13,20H,7-8,10H2,1-2H3,(H,19,23)(H,21,22). The van der Waals surface area contributed by atoms with Crippen molar-refractivity contribution < 1.29 is 29.0 Å². The van der Waals surface area contributed by atoms with Gasteiger partial charge in [-0.25, -0.2) is 0 Å². The van der Waals surface area contributed by atoms with Crippen molar-refractivity contribution in [3.05, 3.63) is 53.0 Å². The Bertz CT molecular complexity index is 752. The van der Waals surface area contributed by atoms with Crippen LogP contribution < -0.4 is 10.1 Å². The van der Waals surface area contributed by atoms with Crippen LogP contribution in [0.25, 0.3) is 0 Å². The van der Waals surface area contributed by atoms with Gasteiger partial charge in [0.25, 0.3) is 5.91 Å². The van der Waals surface area contributed by atoms with Crippen LogP contribution in [-0.4, -0.2) is 41.3 Å². The molecule has 7 heteroatoms. The van der Waals surface area contributed by atoms with Crippen molar-refractivity contribution in [2.24, 2.45) is 0 Å². The summed E-state index contributed by atoms with van der Waals surface area (Å²) in [5.41, 5.74) is 1.77. The van der Waals surface area contributed by atoms with Crippen LogP contribution in [-0.2, 0) is 11.2 Å². The summed E-state index contributed by atoms with van der Waals surface area (Å²) >= 11 is 0. The van der Waals surface area contributed by atoms with Crippen LogP contribution >= 0.6 is 0 Å². The van der Waals surface area contributed by atoms with Crippen LogP contribution in [0.5, 0.6) is 5.75 Å². The largest absolute Gasteiger partial charge is 0.491 e. The third-order valence-electron chi connectivity index (χ3n) is 3.52. The number of carbonyl (C=O) groups excluding carboxylic acids is 1. The van der Waals surface area contributed by atoms with Gasteiger partial charge in [0.2, 0.25) is 0 Å². The van der Waals surface area contributed by atoms with Crippen LogP contribution in [0.1, 0.15) is 27.2 Å². The number of aliphatic carboxylic acids is 1. The highest BCUT2D eigenvalue weighted by Crippen LogP contribution is 2.17. The summed E-state index contributed by atoms with van der Waals surface area (Å²) in [6, 6.07) is 7.42. The predicted molar refractivity (Wildman–Crippen MR) is 89.8 cm³/mol. The summed E-state index contributed by atoms with van der Waals surface area (Å²) < 4.78 is 10.6. The summed E-state index contributed by atoms with van der Waals surface area (Å²) in [4.78, 5) is 23.1. The molecule has 3 N–H and O–H groups in total. The second-order valence-corrected chi connectivity index (χ2v) is 5.78. The van der Waals surface area contributed by atoms with Crippen LogP contribution in [0.2, 0.25) is 0 Å². The molecule has 1 unspecified atom stereocenters. The normalized spacial score (nSPS) is 11.8. The molecule has 1 aromatic carbocycles. The average molecular weight is 347 g/mol. The molecule has 0 fully saturated rings. The van der Waals surface area contributed by atoms with Crippen molar-refractivity contribution in [1.82, 2.24) is 5.32 Å². The molecule has 134 valence electrons. The van der Waals surface area contributed by atoms with Gasteiger partial charge in [-0.3, -0.25) is 9.59 Å². The first-order valence-electron chi connectivity index (χ1n) is 7.81. The maximum atomic E-state index is 12.2. The molecule has 2 rings (SSSR count). The first-order valence-corrected chi connectivity index (χ1v) is 7.81. The molecule has 25 heavy (non-hydrogen) atoms. The van der Waals surface area contributed by atoms with E-state index in [2.05, 4.69) is 5.32 Å². The quantitative estimate of drug-likeness (QED) is 0.670. The van der Waals surface area contributed by atoms with Crippen molar-refractivity contribution >= 4 is 11.9 Å². The van der Waals surface area contributed by atoms with E-state index >= 15 is 0 Å². The minimum Gasteiger partial charge on any atom is -0.491 e. The molecule has 0 bridgehead atoms. The number of aliphatic hydroxyl groups is 1. The molecule has 0 aliphatic carbocycles. The van der Waals surface area contributed by atoms with Gasteiger partial charge in [-0.1, -0.05) is 12.1 Å². The number of ether oxygens (including phenoxy) is 1. The highest BCUT2D eigenvalue weighted by Gasteiger charge is 2.21. The summed E-state index contributed by atoms with van der Waals surface area (Å²) in [5, 5.41) is 21.4. The lowest BCUT2D eigenvalue weighted by molar-refractivity contribution is -0.136. The highest BCUT2D eigenvalue weighted by atomic mass is 16.5. The monoisotopic (exact) mass is 347 g/mol. The van der Waals surface area contributed by atoms with E-state index in [1.165, 1.54) is 6.26 Å². The SMILES string of the molecule is Cc1cccc(OCC(O)CNC(=O)c2c(C)coc2CC(=O)O)c1. The maximum Gasteiger partial charge on any atom is 0.311 e. The fraction of sp³-hybridized carbons (Fsp3) is 0.333. The molecule has 0 saturated heterocycles. The molecule has 0 aliphatic rings. The highest BCUT2D eigenvalue weighted by molar-refractivity contribution is 5.97. The molecule has 1 amide bonds. The van der Waals surface area contributed by atoms with Gasteiger partial charge < -0.3 is 24.7 Å². The molecule has 1 aromatic heterocycles. The second-order valence-electron chi connectivity index (χ2n) is 5.78. The van der Waals surface area contributed by atoms with Crippen LogP contribution in [0.15, 0.2) is 34.9 Å². The molecule has 1 atom stereocenters. The molecule has 0 aliphatic heterocycles. The fourth-order valence-electron chi connectivity index (χ4n) is 2.33. The first-order chi connectivity index (χ1) is 11.9. The number of hydrogen-bond donors (Lipinski definition) is 3. The van der Waals surface area contributed by atoms with Gasteiger partial charge in [0.15, 0.2) is 0 Å². The number of nitrogens with one attached hydrogen (secondary N) is 1. The lowest BCUT2D eigenvalue weighted by Crippen LogP contribution is -2.35. The number of aliphatic hydroxyl groups excluding tert-OH is 1. The Labute approximate surface area is 145 Å². The van der Waals surface area contributed by atoms with Gasteiger partial charge in [0.05, 0.1) is 11.8 Å². The number of carboxylic acid groups (broad SMARTS) is 1. The summed E-state index contributed by atoms with van der Waals surface area (Å²) in [6.07, 6.45) is 0.0553. The fourth-order valence-corrected chi connectivity index (χ4v) is 2.33. The number of benzene rings is 1. The molecule has 2 aromatic rings. The van der Waals surface area contributed by atoms with E-state index in [-0.39, 0.29) is 30.9 Å². The van der Waals surface area contributed by atoms with Crippen LogP contribution in [0, 0.1) is 13.8 Å². The molecule has 0 radical (unpaired) electrons. The average Bonchev–Trinajstić information content (AvgIpc) is 2.90. The van der Waals surface area contributed by atoms with Gasteiger partial charge in [0.1, 0.15) is 30.6 Å². The number of carboxylic acids is 1. The van der Waals surface area contributed by atoms with Crippen molar-refractivity contribution in [3.8, 4) is 5.75 Å². The maximum absolute atomic E-state index is 12.2. The van der Waals surface area contributed by atoms with E-state index in [4.69, 9.17) is 14.3 Å². The second kappa shape index (κ2) is 8.34. The number of rotatable bonds is 8. The predicted octanol–water partition coefficient (Wildman–Crippen LogP) is 1.69. The Hall–Kier alpha value is -2.80. The number of aryl methyl sites for hydroxylation is 2. The molecule has 0 spiro atoms. The van der Waals surface area contributed by atoms with Gasteiger partial charge in [-0.05, 0) is 31.5 Å². The number of amides is 1. The minimum absolute atomic E-state index is 0.0239. The van der Waals surface area contributed by atoms with E-state index < -0.39 is 18.0 Å². The minimum atomic E-state index is -1.09. The molecule has 0 saturated carbocycles. The van der Waals surface area contributed by atoms with Gasteiger partial charge in [-0.2, -0.15) is 0 Å². The van der Waals surface area contributed by atoms with Gasteiger partial charge >= 0.3 is 5.97 Å². The molecular weight excluding hydrogens is 326 g/mol. The molecule has 1 heterocycles. The van der Waals surface area contributed by atoms with E-state index in [1.54, 1.807) is 13.0 Å². The Kier molecular flexibility index (Phi) is 6.19. The zero-order valence-corrected chi connectivity index (χ0v) is 14.1. The number of furan rings is 1. The zero-order chi connectivity index (χ0) is 18.4. The lowest BCUT2D eigenvalue weighted by atomic mass is 10.1. The third-order valence-corrected chi connectivity index (χ3v) is 3.52. The molecule has 7 nitrogen and oxygen atoms in total. The van der Waals surface area contributed by atoms with Crippen LogP contribution in [0.4, 0.5) is 0 Å². The van der Waals surface area contributed by atoms with Crippen molar-refractivity contribution in [2.45, 2.75) is 26.4 Å². The summed E-state index contributed by atoms with van der Waals surface area (Å²) in [6.45, 7) is 3.59. The van der Waals surface area contributed by atoms with E-state index in [0.29, 0.717) is 11.3 Å². The van der Waals surface area contributed by atoms with Crippen molar-refractivity contribution in [3.63, 3.8) is 0 Å². The Morgan fingerprint density at radius 3 is 2.76 bits per heavy atom. The first kappa shape index (κ1) is 18.5. The molecular formula is C18H21NO6. The van der Waals surface area contributed by atoms with Crippen molar-refractivity contribution in [2.75, 3.05) is 13.2 Å². The Balaban J connectivity index is 1.87.